The maximum atomic E-state index is 12.8. The van der Waals surface area contributed by atoms with Crippen LogP contribution in [0.5, 0.6) is 0 Å². The molecule has 0 aliphatic carbocycles. The number of nitrogens with two attached hydrogens (primary N) is 2. The van der Waals surface area contributed by atoms with E-state index in [-0.39, 0.29) is 16.1 Å². The maximum Gasteiger partial charge on any atom is 0.250 e. The van der Waals surface area contributed by atoms with Gasteiger partial charge in [0.2, 0.25) is 10.0 Å². The maximum absolute atomic E-state index is 12.8. The summed E-state index contributed by atoms with van der Waals surface area (Å²) in [5.41, 5.74) is 15.4. The molecule has 1 aliphatic heterocycles. The number of carbonyl (C=O) groups excluding carboxylic acids is 1. The monoisotopic (exact) mass is 421 g/mol. The average Bonchev–Trinajstić information content (AvgIpc) is 3.30. The summed E-state index contributed by atoms with van der Waals surface area (Å²) in [6.45, 7) is 1.11. The third-order valence-electron chi connectivity index (χ3n) is 5.42. The Morgan fingerprint density at radius 3 is 2.07 bits per heavy atom. The van der Waals surface area contributed by atoms with Gasteiger partial charge in [0.15, 0.2) is 0 Å². The first-order valence-electron chi connectivity index (χ1n) is 9.77. The summed E-state index contributed by atoms with van der Waals surface area (Å²) >= 11 is 0. The summed E-state index contributed by atoms with van der Waals surface area (Å²) in [6.07, 6.45) is 1.77. The third kappa shape index (κ3) is 3.69. The highest BCUT2D eigenvalue weighted by atomic mass is 32.2. The van der Waals surface area contributed by atoms with Crippen LogP contribution < -0.4 is 11.5 Å². The highest BCUT2D eigenvalue weighted by Gasteiger charge is 2.27. The Labute approximate surface area is 176 Å². The van der Waals surface area contributed by atoms with Gasteiger partial charge in [0.05, 0.1) is 16.1 Å². The van der Waals surface area contributed by atoms with E-state index in [2.05, 4.69) is 0 Å². The lowest BCUT2D eigenvalue weighted by Gasteiger charge is -2.16. The molecule has 0 aromatic heterocycles. The van der Waals surface area contributed by atoms with Crippen molar-refractivity contribution in [3.8, 4) is 22.3 Å². The number of nitrogen functional groups attached to an aromatic ring is 1. The molecule has 4 rings (SSSR count). The Hall–Kier alpha value is -3.16. The first kappa shape index (κ1) is 20.1. The molecule has 0 radical (unpaired) electrons. The average molecular weight is 422 g/mol. The van der Waals surface area contributed by atoms with Crippen LogP contribution in [0.3, 0.4) is 0 Å². The summed E-state index contributed by atoms with van der Waals surface area (Å²) in [6, 6.07) is 19.8. The number of nitrogens with zero attached hydrogens (tertiary/aromatic N) is 1. The summed E-state index contributed by atoms with van der Waals surface area (Å²) in [5, 5.41) is 0. The minimum absolute atomic E-state index is 0.236. The molecule has 1 amide bonds. The van der Waals surface area contributed by atoms with E-state index in [0.29, 0.717) is 24.2 Å². The lowest BCUT2D eigenvalue weighted by Crippen LogP contribution is -2.27. The van der Waals surface area contributed by atoms with Crippen molar-refractivity contribution in [3.63, 3.8) is 0 Å². The van der Waals surface area contributed by atoms with Crippen molar-refractivity contribution in [1.82, 2.24) is 4.31 Å². The van der Waals surface area contributed by atoms with Gasteiger partial charge in [0.25, 0.3) is 5.91 Å². The standard InChI is InChI=1S/C23H23N3O3S/c24-22-20(14-18(15-21(22)23(25)27)16-6-2-1-3-7-16)17-8-10-19(11-9-17)30(28,29)26-12-4-5-13-26/h1-3,6-11,14-15H,4-5,12-13,24H2,(H2,25,27). The Morgan fingerprint density at radius 1 is 0.833 bits per heavy atom. The zero-order valence-corrected chi connectivity index (χ0v) is 17.2. The van der Waals surface area contributed by atoms with Gasteiger partial charge in [-0.05, 0) is 53.8 Å². The molecule has 1 heterocycles. The molecule has 1 fully saturated rings. The number of carbonyl (C=O) groups is 1. The van der Waals surface area contributed by atoms with Crippen molar-refractivity contribution in [2.45, 2.75) is 17.7 Å². The number of anilines is 1. The molecule has 0 saturated carbocycles. The van der Waals surface area contributed by atoms with Crippen LogP contribution in [0.2, 0.25) is 0 Å². The number of amides is 1. The number of rotatable bonds is 5. The molecule has 1 aliphatic rings. The zero-order valence-electron chi connectivity index (χ0n) is 16.4. The molecular weight excluding hydrogens is 398 g/mol. The topological polar surface area (TPSA) is 106 Å². The fourth-order valence-corrected chi connectivity index (χ4v) is 5.29. The van der Waals surface area contributed by atoms with E-state index in [1.54, 1.807) is 30.3 Å². The Kier molecular flexibility index (Phi) is 5.32. The van der Waals surface area contributed by atoms with Crippen LogP contribution in [-0.2, 0) is 10.0 Å². The predicted molar refractivity (Wildman–Crippen MR) is 118 cm³/mol. The SMILES string of the molecule is NC(=O)c1cc(-c2ccccc2)cc(-c2ccc(S(=O)(=O)N3CCCC3)cc2)c1N. The van der Waals surface area contributed by atoms with Gasteiger partial charge in [0.1, 0.15) is 0 Å². The summed E-state index contributed by atoms with van der Waals surface area (Å²) < 4.78 is 27.1. The molecule has 4 N–H and O–H groups in total. The number of benzene rings is 3. The minimum atomic E-state index is -3.49. The second kappa shape index (κ2) is 7.93. The van der Waals surface area contributed by atoms with Crippen LogP contribution in [0.4, 0.5) is 5.69 Å². The smallest absolute Gasteiger partial charge is 0.250 e. The van der Waals surface area contributed by atoms with Gasteiger partial charge in [0, 0.05) is 18.7 Å². The highest BCUT2D eigenvalue weighted by molar-refractivity contribution is 7.89. The van der Waals surface area contributed by atoms with Gasteiger partial charge in [-0.2, -0.15) is 4.31 Å². The quantitative estimate of drug-likeness (QED) is 0.615. The minimum Gasteiger partial charge on any atom is -0.398 e. The molecule has 0 spiro atoms. The second-order valence-corrected chi connectivity index (χ2v) is 9.29. The fourth-order valence-electron chi connectivity index (χ4n) is 3.78. The fraction of sp³-hybridized carbons (Fsp3) is 0.174. The molecule has 3 aromatic rings. The molecule has 0 atom stereocenters. The van der Waals surface area contributed by atoms with Crippen LogP contribution in [0.1, 0.15) is 23.2 Å². The molecule has 0 unspecified atom stereocenters. The van der Waals surface area contributed by atoms with Crippen molar-refractivity contribution >= 4 is 21.6 Å². The molecule has 0 bridgehead atoms. The van der Waals surface area contributed by atoms with Crippen LogP contribution >= 0.6 is 0 Å². The Morgan fingerprint density at radius 2 is 1.47 bits per heavy atom. The Balaban J connectivity index is 1.78. The van der Waals surface area contributed by atoms with Gasteiger partial charge in [-0.1, -0.05) is 42.5 Å². The van der Waals surface area contributed by atoms with Crippen LogP contribution in [0.25, 0.3) is 22.3 Å². The van der Waals surface area contributed by atoms with E-state index in [1.165, 1.54) is 4.31 Å². The van der Waals surface area contributed by atoms with E-state index in [1.807, 2.05) is 36.4 Å². The van der Waals surface area contributed by atoms with Crippen molar-refractivity contribution in [2.24, 2.45) is 5.73 Å². The first-order valence-corrected chi connectivity index (χ1v) is 11.2. The molecule has 1 saturated heterocycles. The zero-order chi connectivity index (χ0) is 21.3. The molecule has 154 valence electrons. The summed E-state index contributed by atoms with van der Waals surface area (Å²) in [7, 11) is -3.49. The molecule has 7 heteroatoms. The van der Waals surface area contributed by atoms with Crippen LogP contribution in [0, 0.1) is 0 Å². The van der Waals surface area contributed by atoms with Crippen LogP contribution in [-0.4, -0.2) is 31.7 Å². The lowest BCUT2D eigenvalue weighted by molar-refractivity contribution is 0.100. The summed E-state index contributed by atoms with van der Waals surface area (Å²) in [5.74, 6) is -0.611. The van der Waals surface area contributed by atoms with E-state index in [4.69, 9.17) is 11.5 Å². The molecule has 6 nitrogen and oxygen atoms in total. The van der Waals surface area contributed by atoms with Gasteiger partial charge < -0.3 is 11.5 Å². The van der Waals surface area contributed by atoms with Crippen LogP contribution in [0.15, 0.2) is 71.6 Å². The second-order valence-electron chi connectivity index (χ2n) is 7.35. The Bertz CT molecular complexity index is 1180. The predicted octanol–water partition coefficient (Wildman–Crippen LogP) is 3.49. The summed E-state index contributed by atoms with van der Waals surface area (Å²) in [4.78, 5) is 12.2. The number of hydrogen-bond acceptors (Lipinski definition) is 4. The van der Waals surface area contributed by atoms with Gasteiger partial charge in [-0.15, -0.1) is 0 Å². The molecule has 3 aromatic carbocycles. The number of primary amides is 1. The lowest BCUT2D eigenvalue weighted by atomic mass is 9.94. The number of sulfonamides is 1. The van der Waals surface area contributed by atoms with Crippen molar-refractivity contribution in [2.75, 3.05) is 18.8 Å². The van der Waals surface area contributed by atoms with E-state index < -0.39 is 15.9 Å². The van der Waals surface area contributed by atoms with Crippen molar-refractivity contribution in [3.05, 3.63) is 72.3 Å². The third-order valence-corrected chi connectivity index (χ3v) is 7.33. The molecule has 30 heavy (non-hydrogen) atoms. The van der Waals surface area contributed by atoms with E-state index >= 15 is 0 Å². The van der Waals surface area contributed by atoms with Gasteiger partial charge in [-0.25, -0.2) is 8.42 Å². The van der Waals surface area contributed by atoms with Gasteiger partial charge in [-0.3, -0.25) is 4.79 Å². The number of hydrogen-bond donors (Lipinski definition) is 2. The van der Waals surface area contributed by atoms with Crippen molar-refractivity contribution < 1.29 is 13.2 Å². The molecular formula is C23H23N3O3S. The highest BCUT2D eigenvalue weighted by Crippen LogP contribution is 2.35. The van der Waals surface area contributed by atoms with Crippen molar-refractivity contribution in [1.29, 1.82) is 0 Å². The van der Waals surface area contributed by atoms with Gasteiger partial charge >= 0.3 is 0 Å². The van der Waals surface area contributed by atoms with E-state index in [0.717, 1.165) is 24.0 Å². The normalized spacial score (nSPS) is 14.7. The van der Waals surface area contributed by atoms with E-state index in [9.17, 15) is 13.2 Å². The first-order chi connectivity index (χ1) is 14.4. The largest absolute Gasteiger partial charge is 0.398 e.